The molecule has 6 nitrogen and oxygen atoms in total. The lowest BCUT2D eigenvalue weighted by Crippen LogP contribution is -2.43. The lowest BCUT2D eigenvalue weighted by molar-refractivity contribution is 0.198. The van der Waals surface area contributed by atoms with Crippen molar-refractivity contribution in [1.29, 1.82) is 0 Å². The normalized spacial score (nSPS) is 21.5. The van der Waals surface area contributed by atoms with Crippen molar-refractivity contribution in [2.75, 3.05) is 32.7 Å². The molecule has 2 saturated heterocycles. The van der Waals surface area contributed by atoms with E-state index in [2.05, 4.69) is 31.9 Å². The zero-order chi connectivity index (χ0) is 18.6. The van der Waals surface area contributed by atoms with E-state index in [9.17, 15) is 4.79 Å². The SMILES string of the molecule is Cn1ccnc1C1CCN(C(=O)NC(CN2CCCC2)c2ccccc2)C1. The maximum atomic E-state index is 13.0. The minimum atomic E-state index is 0.0315. The Balaban J connectivity index is 1.41. The third kappa shape index (κ3) is 4.16. The van der Waals surface area contributed by atoms with Crippen LogP contribution >= 0.6 is 0 Å². The second-order valence-corrected chi connectivity index (χ2v) is 7.75. The molecule has 3 heterocycles. The molecule has 4 rings (SSSR count). The molecule has 1 aromatic heterocycles. The fourth-order valence-electron chi connectivity index (χ4n) is 4.31. The van der Waals surface area contributed by atoms with Crippen molar-refractivity contribution in [1.82, 2.24) is 24.7 Å². The van der Waals surface area contributed by atoms with Gasteiger partial charge in [-0.05, 0) is 37.9 Å². The van der Waals surface area contributed by atoms with Crippen LogP contribution in [0.3, 0.4) is 0 Å². The molecule has 0 radical (unpaired) electrons. The maximum Gasteiger partial charge on any atom is 0.317 e. The average molecular weight is 367 g/mol. The van der Waals surface area contributed by atoms with Crippen LogP contribution < -0.4 is 5.32 Å². The summed E-state index contributed by atoms with van der Waals surface area (Å²) in [6.45, 7) is 4.66. The number of hydrogen-bond donors (Lipinski definition) is 1. The number of nitrogens with one attached hydrogen (secondary N) is 1. The molecule has 1 aromatic carbocycles. The van der Waals surface area contributed by atoms with E-state index in [0.717, 1.165) is 45.0 Å². The average Bonchev–Trinajstić information content (AvgIpc) is 3.43. The summed E-state index contributed by atoms with van der Waals surface area (Å²) in [6.07, 6.45) is 7.29. The standard InChI is InChI=1S/C21H29N5O/c1-24-14-10-22-20(24)18-9-13-26(15-18)21(27)23-19(16-25-11-5-6-12-25)17-7-3-2-4-8-17/h2-4,7-8,10,14,18-19H,5-6,9,11-13,15-16H2,1H3,(H,23,27). The highest BCUT2D eigenvalue weighted by atomic mass is 16.2. The van der Waals surface area contributed by atoms with Crippen molar-refractivity contribution in [3.8, 4) is 0 Å². The number of aryl methyl sites for hydroxylation is 1. The first-order valence-corrected chi connectivity index (χ1v) is 10.0. The van der Waals surface area contributed by atoms with Crippen LogP contribution in [0.1, 0.15) is 42.6 Å². The van der Waals surface area contributed by atoms with Crippen LogP contribution in [-0.2, 0) is 7.05 Å². The van der Waals surface area contributed by atoms with Gasteiger partial charge >= 0.3 is 6.03 Å². The first-order chi connectivity index (χ1) is 13.2. The van der Waals surface area contributed by atoms with Gasteiger partial charge in [-0.1, -0.05) is 30.3 Å². The summed E-state index contributed by atoms with van der Waals surface area (Å²) in [5.74, 6) is 1.39. The highest BCUT2D eigenvalue weighted by Gasteiger charge is 2.31. The Morgan fingerprint density at radius 1 is 1.22 bits per heavy atom. The van der Waals surface area contributed by atoms with Crippen molar-refractivity contribution in [3.05, 3.63) is 54.1 Å². The summed E-state index contributed by atoms with van der Waals surface area (Å²) < 4.78 is 2.06. The Morgan fingerprint density at radius 3 is 2.70 bits per heavy atom. The Bertz CT molecular complexity index is 753. The zero-order valence-electron chi connectivity index (χ0n) is 16.1. The second kappa shape index (κ2) is 8.13. The maximum absolute atomic E-state index is 13.0. The van der Waals surface area contributed by atoms with Gasteiger partial charge in [0.25, 0.3) is 0 Å². The molecular weight excluding hydrogens is 338 g/mol. The van der Waals surface area contributed by atoms with Crippen molar-refractivity contribution in [2.24, 2.45) is 7.05 Å². The van der Waals surface area contributed by atoms with Crippen LogP contribution in [0.25, 0.3) is 0 Å². The van der Waals surface area contributed by atoms with Gasteiger partial charge in [0.2, 0.25) is 0 Å². The summed E-state index contributed by atoms with van der Waals surface area (Å²) in [7, 11) is 2.02. The van der Waals surface area contributed by atoms with E-state index in [0.29, 0.717) is 5.92 Å². The van der Waals surface area contributed by atoms with Crippen LogP contribution in [-0.4, -0.2) is 58.1 Å². The molecule has 2 amide bonds. The van der Waals surface area contributed by atoms with Crippen LogP contribution in [0, 0.1) is 0 Å². The van der Waals surface area contributed by atoms with Gasteiger partial charge in [0.15, 0.2) is 0 Å². The number of carbonyl (C=O) groups excluding carboxylic acids is 1. The van der Waals surface area contributed by atoms with Gasteiger partial charge in [-0.3, -0.25) is 0 Å². The third-order valence-electron chi connectivity index (χ3n) is 5.84. The molecule has 2 fully saturated rings. The van der Waals surface area contributed by atoms with E-state index in [1.165, 1.54) is 18.4 Å². The van der Waals surface area contributed by atoms with Crippen LogP contribution in [0.4, 0.5) is 4.79 Å². The van der Waals surface area contributed by atoms with Crippen molar-refractivity contribution in [3.63, 3.8) is 0 Å². The van der Waals surface area contributed by atoms with Gasteiger partial charge in [-0.15, -0.1) is 0 Å². The molecule has 27 heavy (non-hydrogen) atoms. The Hall–Kier alpha value is -2.34. The predicted molar refractivity (Wildman–Crippen MR) is 106 cm³/mol. The Labute approximate surface area is 161 Å². The number of benzene rings is 1. The molecule has 0 spiro atoms. The molecule has 0 bridgehead atoms. The lowest BCUT2D eigenvalue weighted by Gasteiger charge is -2.27. The van der Waals surface area contributed by atoms with Crippen LogP contribution in [0.5, 0.6) is 0 Å². The van der Waals surface area contributed by atoms with Gasteiger partial charge in [0.1, 0.15) is 5.82 Å². The van der Waals surface area contributed by atoms with Gasteiger partial charge in [-0.25, -0.2) is 9.78 Å². The first-order valence-electron chi connectivity index (χ1n) is 10.0. The molecular formula is C21H29N5O. The molecule has 2 aliphatic heterocycles. The number of rotatable bonds is 5. The number of imidazole rings is 1. The van der Waals surface area contributed by atoms with E-state index in [-0.39, 0.29) is 12.1 Å². The highest BCUT2D eigenvalue weighted by Crippen LogP contribution is 2.26. The summed E-state index contributed by atoms with van der Waals surface area (Å²) in [5.41, 5.74) is 1.18. The van der Waals surface area contributed by atoms with Gasteiger partial charge in [0, 0.05) is 45.0 Å². The number of likely N-dealkylation sites (tertiary alicyclic amines) is 2. The molecule has 2 unspecified atom stereocenters. The van der Waals surface area contributed by atoms with E-state index >= 15 is 0 Å². The van der Waals surface area contributed by atoms with E-state index in [4.69, 9.17) is 0 Å². The molecule has 144 valence electrons. The lowest BCUT2D eigenvalue weighted by atomic mass is 10.1. The number of aromatic nitrogens is 2. The first kappa shape index (κ1) is 18.0. The minimum Gasteiger partial charge on any atom is -0.338 e. The third-order valence-corrected chi connectivity index (χ3v) is 5.84. The largest absolute Gasteiger partial charge is 0.338 e. The summed E-state index contributed by atoms with van der Waals surface area (Å²) >= 11 is 0. The molecule has 2 aromatic rings. The van der Waals surface area contributed by atoms with Crippen molar-refractivity contribution < 1.29 is 4.79 Å². The number of amides is 2. The number of hydrogen-bond acceptors (Lipinski definition) is 3. The zero-order valence-corrected chi connectivity index (χ0v) is 16.1. The Morgan fingerprint density at radius 2 is 2.00 bits per heavy atom. The number of nitrogens with zero attached hydrogens (tertiary/aromatic N) is 4. The molecule has 6 heteroatoms. The van der Waals surface area contributed by atoms with Gasteiger partial charge < -0.3 is 19.7 Å². The number of carbonyl (C=O) groups is 1. The topological polar surface area (TPSA) is 53.4 Å². The van der Waals surface area contributed by atoms with E-state index in [1.54, 1.807) is 0 Å². The summed E-state index contributed by atoms with van der Waals surface area (Å²) in [5, 5.41) is 3.30. The van der Waals surface area contributed by atoms with E-state index in [1.807, 2.05) is 42.5 Å². The predicted octanol–water partition coefficient (Wildman–Crippen LogP) is 2.76. The smallest absolute Gasteiger partial charge is 0.317 e. The monoisotopic (exact) mass is 367 g/mol. The van der Waals surface area contributed by atoms with Crippen LogP contribution in [0.2, 0.25) is 0 Å². The molecule has 0 saturated carbocycles. The quantitative estimate of drug-likeness (QED) is 0.884. The Kier molecular flexibility index (Phi) is 5.43. The fourth-order valence-corrected chi connectivity index (χ4v) is 4.31. The molecule has 2 atom stereocenters. The molecule has 1 N–H and O–H groups in total. The minimum absolute atomic E-state index is 0.0315. The van der Waals surface area contributed by atoms with Gasteiger partial charge in [-0.2, -0.15) is 0 Å². The highest BCUT2D eigenvalue weighted by molar-refractivity contribution is 5.75. The second-order valence-electron chi connectivity index (χ2n) is 7.75. The van der Waals surface area contributed by atoms with E-state index < -0.39 is 0 Å². The fraction of sp³-hybridized carbons (Fsp3) is 0.524. The molecule has 0 aliphatic carbocycles. The van der Waals surface area contributed by atoms with Crippen LogP contribution in [0.15, 0.2) is 42.7 Å². The summed E-state index contributed by atoms with van der Waals surface area (Å²) in [4.78, 5) is 21.8. The van der Waals surface area contributed by atoms with Crippen molar-refractivity contribution in [2.45, 2.75) is 31.2 Å². The summed E-state index contributed by atoms with van der Waals surface area (Å²) in [6, 6.07) is 10.4. The van der Waals surface area contributed by atoms with Gasteiger partial charge in [0.05, 0.1) is 6.04 Å². The van der Waals surface area contributed by atoms with Crippen molar-refractivity contribution >= 4 is 6.03 Å². The molecule has 2 aliphatic rings. The number of urea groups is 1.